The molecule has 0 saturated heterocycles. The third-order valence-electron chi connectivity index (χ3n) is 2.05. The minimum absolute atomic E-state index is 0.209. The van der Waals surface area contributed by atoms with Crippen molar-refractivity contribution in [2.24, 2.45) is 0 Å². The lowest BCUT2D eigenvalue weighted by molar-refractivity contribution is 0.296. The average Bonchev–Trinajstić information content (AvgIpc) is 2.55. The summed E-state index contributed by atoms with van der Waals surface area (Å²) in [6.07, 6.45) is 0. The first-order valence-corrected chi connectivity index (χ1v) is 7.14. The van der Waals surface area contributed by atoms with Crippen molar-refractivity contribution in [1.82, 2.24) is 9.97 Å². The summed E-state index contributed by atoms with van der Waals surface area (Å²) in [5.74, 6) is 0.734. The molecule has 2 aromatic rings. The van der Waals surface area contributed by atoms with E-state index in [4.69, 9.17) is 4.74 Å². The molecule has 0 aliphatic carbocycles. The number of H-pyrrole nitrogens is 1. The van der Waals surface area contributed by atoms with E-state index in [1.165, 1.54) is 11.3 Å². The quantitative estimate of drug-likeness (QED) is 0.830. The van der Waals surface area contributed by atoms with Crippen LogP contribution in [0.2, 0.25) is 0 Å². The van der Waals surface area contributed by atoms with Crippen molar-refractivity contribution in [2.75, 3.05) is 6.61 Å². The molecule has 17 heavy (non-hydrogen) atoms. The Morgan fingerprint density at radius 2 is 2.29 bits per heavy atom. The van der Waals surface area contributed by atoms with Gasteiger partial charge in [0.1, 0.15) is 4.83 Å². The van der Waals surface area contributed by atoms with E-state index in [0.717, 1.165) is 8.26 Å². The minimum Gasteiger partial charge on any atom is -0.491 e. The molecule has 0 amide bonds. The SMILES string of the molecule is C=C(OCC)c1nc2sc(Br)c(Br)c2c(=O)[nH]1. The second kappa shape index (κ2) is 4.91. The van der Waals surface area contributed by atoms with Crippen LogP contribution in [-0.2, 0) is 4.74 Å². The number of halogens is 2. The van der Waals surface area contributed by atoms with Gasteiger partial charge in [0.25, 0.3) is 5.56 Å². The number of nitrogens with zero attached hydrogens (tertiary/aromatic N) is 1. The second-order valence-electron chi connectivity index (χ2n) is 3.14. The van der Waals surface area contributed by atoms with Crippen LogP contribution in [-0.4, -0.2) is 16.6 Å². The maximum absolute atomic E-state index is 11.9. The maximum Gasteiger partial charge on any atom is 0.261 e. The first-order chi connectivity index (χ1) is 8.04. The third kappa shape index (κ3) is 2.31. The maximum atomic E-state index is 11.9. The van der Waals surface area contributed by atoms with Crippen molar-refractivity contribution in [1.29, 1.82) is 0 Å². The van der Waals surface area contributed by atoms with Crippen molar-refractivity contribution in [3.8, 4) is 0 Å². The van der Waals surface area contributed by atoms with Gasteiger partial charge in [-0.05, 0) is 38.8 Å². The monoisotopic (exact) mass is 378 g/mol. The Labute approximate surface area is 118 Å². The lowest BCUT2D eigenvalue weighted by Crippen LogP contribution is -2.11. The van der Waals surface area contributed by atoms with Crippen LogP contribution in [0.3, 0.4) is 0 Å². The molecule has 1 N–H and O–H groups in total. The van der Waals surface area contributed by atoms with Crippen molar-refractivity contribution < 1.29 is 4.74 Å². The Bertz CT molecular complexity index is 648. The zero-order chi connectivity index (χ0) is 12.6. The zero-order valence-corrected chi connectivity index (χ0v) is 12.8. The number of aromatic nitrogens is 2. The molecule has 0 aliphatic rings. The Morgan fingerprint density at radius 3 is 2.94 bits per heavy atom. The molecule has 0 saturated carbocycles. The van der Waals surface area contributed by atoms with E-state index in [1.807, 2.05) is 6.92 Å². The molecule has 0 fully saturated rings. The third-order valence-corrected chi connectivity index (χ3v) is 5.39. The number of hydrogen-bond donors (Lipinski definition) is 1. The van der Waals surface area contributed by atoms with Crippen LogP contribution < -0.4 is 5.56 Å². The summed E-state index contributed by atoms with van der Waals surface area (Å²) in [5.41, 5.74) is -0.209. The molecule has 2 aromatic heterocycles. The normalized spacial score (nSPS) is 10.8. The Balaban J connectivity index is 2.64. The number of nitrogens with one attached hydrogen (secondary N) is 1. The number of fused-ring (bicyclic) bond motifs is 1. The lowest BCUT2D eigenvalue weighted by atomic mass is 10.4. The molecule has 90 valence electrons. The molecule has 0 atom stereocenters. The summed E-state index contributed by atoms with van der Waals surface area (Å²) in [4.78, 5) is 19.5. The minimum atomic E-state index is -0.209. The molecule has 0 unspecified atom stereocenters. The average molecular weight is 380 g/mol. The van der Waals surface area contributed by atoms with Gasteiger partial charge in [0.15, 0.2) is 11.6 Å². The van der Waals surface area contributed by atoms with Crippen LogP contribution in [0.1, 0.15) is 12.7 Å². The fourth-order valence-corrected chi connectivity index (χ4v) is 3.52. The zero-order valence-electron chi connectivity index (χ0n) is 8.84. The second-order valence-corrected chi connectivity index (χ2v) is 6.25. The van der Waals surface area contributed by atoms with Crippen molar-refractivity contribution in [3.63, 3.8) is 0 Å². The Kier molecular flexibility index (Phi) is 3.70. The molecular weight excluding hydrogens is 372 g/mol. The summed E-state index contributed by atoms with van der Waals surface area (Å²) in [6, 6.07) is 0. The predicted octanol–water partition coefficient (Wildman–Crippen LogP) is 3.52. The van der Waals surface area contributed by atoms with Gasteiger partial charge in [-0.1, -0.05) is 6.58 Å². The molecular formula is C10H8Br2N2O2S. The van der Waals surface area contributed by atoms with Gasteiger partial charge >= 0.3 is 0 Å². The molecule has 2 rings (SSSR count). The molecule has 2 heterocycles. The van der Waals surface area contributed by atoms with Gasteiger partial charge in [-0.2, -0.15) is 0 Å². The smallest absolute Gasteiger partial charge is 0.261 e. The number of hydrogen-bond acceptors (Lipinski definition) is 4. The highest BCUT2D eigenvalue weighted by molar-refractivity contribution is 9.13. The van der Waals surface area contributed by atoms with E-state index in [9.17, 15) is 4.79 Å². The highest BCUT2D eigenvalue weighted by atomic mass is 79.9. The first-order valence-electron chi connectivity index (χ1n) is 4.74. The largest absolute Gasteiger partial charge is 0.491 e. The van der Waals surface area contributed by atoms with E-state index in [1.54, 1.807) is 0 Å². The van der Waals surface area contributed by atoms with Gasteiger partial charge in [0, 0.05) is 0 Å². The molecule has 0 aliphatic heterocycles. The van der Waals surface area contributed by atoms with Gasteiger partial charge < -0.3 is 9.72 Å². The van der Waals surface area contributed by atoms with Crippen LogP contribution in [0.25, 0.3) is 16.0 Å². The van der Waals surface area contributed by atoms with Crippen LogP contribution in [0, 0.1) is 0 Å². The van der Waals surface area contributed by atoms with E-state index in [2.05, 4.69) is 48.4 Å². The van der Waals surface area contributed by atoms with E-state index in [0.29, 0.717) is 28.4 Å². The molecule has 7 heteroatoms. The van der Waals surface area contributed by atoms with Gasteiger partial charge in [0.05, 0.1) is 20.3 Å². The van der Waals surface area contributed by atoms with Crippen molar-refractivity contribution in [3.05, 3.63) is 31.0 Å². The van der Waals surface area contributed by atoms with Gasteiger partial charge in [-0.25, -0.2) is 4.98 Å². The highest BCUT2D eigenvalue weighted by Gasteiger charge is 2.15. The van der Waals surface area contributed by atoms with Gasteiger partial charge in [0.2, 0.25) is 0 Å². The molecule has 4 nitrogen and oxygen atoms in total. The summed E-state index contributed by atoms with van der Waals surface area (Å²) in [6.45, 7) is 6.05. The lowest BCUT2D eigenvalue weighted by Gasteiger charge is -2.05. The molecule has 0 radical (unpaired) electrons. The topological polar surface area (TPSA) is 55.0 Å². The van der Waals surface area contributed by atoms with Crippen molar-refractivity contribution in [2.45, 2.75) is 6.92 Å². The van der Waals surface area contributed by atoms with Crippen LogP contribution >= 0.6 is 43.2 Å². The van der Waals surface area contributed by atoms with E-state index < -0.39 is 0 Å². The highest BCUT2D eigenvalue weighted by Crippen LogP contribution is 2.36. The number of ether oxygens (including phenoxy) is 1. The molecule has 0 aromatic carbocycles. The summed E-state index contributed by atoms with van der Waals surface area (Å²) in [5, 5.41) is 0.537. The summed E-state index contributed by atoms with van der Waals surface area (Å²) in [7, 11) is 0. The molecule has 0 spiro atoms. The fourth-order valence-electron chi connectivity index (χ4n) is 1.32. The standard InChI is InChI=1S/C10H8Br2N2O2S/c1-3-16-4(2)8-13-9(15)5-6(11)7(12)17-10(5)14-8/h2-3H2,1H3,(H,13,14,15). The number of thiophene rings is 1. The van der Waals surface area contributed by atoms with Crippen molar-refractivity contribution >= 4 is 59.2 Å². The summed E-state index contributed by atoms with van der Waals surface area (Å²) < 4.78 is 6.78. The van der Waals surface area contributed by atoms with E-state index >= 15 is 0 Å². The van der Waals surface area contributed by atoms with Crippen LogP contribution in [0.4, 0.5) is 0 Å². The fraction of sp³-hybridized carbons (Fsp3) is 0.200. The summed E-state index contributed by atoms with van der Waals surface area (Å²) >= 11 is 8.09. The predicted molar refractivity (Wildman–Crippen MR) is 76.3 cm³/mol. The van der Waals surface area contributed by atoms with Crippen LogP contribution in [0.5, 0.6) is 0 Å². The van der Waals surface area contributed by atoms with Crippen LogP contribution in [0.15, 0.2) is 19.6 Å². The van der Waals surface area contributed by atoms with E-state index in [-0.39, 0.29) is 5.56 Å². The Hall–Kier alpha value is -0.660. The van der Waals surface area contributed by atoms with Gasteiger partial charge in [-0.3, -0.25) is 4.79 Å². The number of aromatic amines is 1. The van der Waals surface area contributed by atoms with Gasteiger partial charge in [-0.15, -0.1) is 11.3 Å². The Morgan fingerprint density at radius 1 is 1.59 bits per heavy atom. The number of rotatable bonds is 3. The molecule has 0 bridgehead atoms. The first kappa shape index (κ1) is 12.8.